The lowest BCUT2D eigenvalue weighted by atomic mass is 9.75. The molecule has 0 saturated carbocycles. The quantitative estimate of drug-likeness (QED) is 0.673. The van der Waals surface area contributed by atoms with E-state index in [9.17, 15) is 4.79 Å². The number of fused-ring (bicyclic) bond motifs is 1. The molecule has 0 radical (unpaired) electrons. The molecule has 0 spiro atoms. The summed E-state index contributed by atoms with van der Waals surface area (Å²) >= 11 is 0. The molecular formula is C14H18O. The van der Waals surface area contributed by atoms with Gasteiger partial charge in [-0.05, 0) is 48.8 Å². The number of rotatable bonds is 2. The number of hydrogen-bond donors (Lipinski definition) is 0. The summed E-state index contributed by atoms with van der Waals surface area (Å²) in [6, 6.07) is 6.50. The zero-order valence-corrected chi connectivity index (χ0v) is 9.49. The van der Waals surface area contributed by atoms with Gasteiger partial charge in [-0.1, -0.05) is 25.1 Å². The summed E-state index contributed by atoms with van der Waals surface area (Å²) in [5.74, 6) is 0.609. The minimum atomic E-state index is 0.158. The van der Waals surface area contributed by atoms with E-state index < -0.39 is 0 Å². The van der Waals surface area contributed by atoms with Crippen LogP contribution in [0.4, 0.5) is 0 Å². The largest absolute Gasteiger partial charge is 0.303 e. The number of hydrogen-bond acceptors (Lipinski definition) is 1. The van der Waals surface area contributed by atoms with Crippen LogP contribution in [0.25, 0.3) is 0 Å². The number of aryl methyl sites for hydroxylation is 2. The van der Waals surface area contributed by atoms with Crippen molar-refractivity contribution in [2.75, 3.05) is 0 Å². The summed E-state index contributed by atoms with van der Waals surface area (Å²) < 4.78 is 0. The molecule has 0 N–H and O–H groups in total. The Labute approximate surface area is 91.5 Å². The Morgan fingerprint density at radius 2 is 2.27 bits per heavy atom. The molecule has 0 heterocycles. The molecule has 1 aliphatic carbocycles. The Kier molecular flexibility index (Phi) is 2.90. The molecule has 0 aromatic heterocycles. The van der Waals surface area contributed by atoms with Gasteiger partial charge in [0.2, 0.25) is 0 Å². The van der Waals surface area contributed by atoms with E-state index in [-0.39, 0.29) is 5.92 Å². The Morgan fingerprint density at radius 3 is 3.00 bits per heavy atom. The Morgan fingerprint density at radius 1 is 1.47 bits per heavy atom. The molecule has 0 saturated heterocycles. The van der Waals surface area contributed by atoms with Crippen LogP contribution in [0.1, 0.15) is 42.4 Å². The molecule has 1 aliphatic rings. The van der Waals surface area contributed by atoms with Crippen LogP contribution < -0.4 is 0 Å². The SMILES string of the molecule is Cc1cccc2c1C(C(C)C=O)CCC2. The zero-order valence-electron chi connectivity index (χ0n) is 9.49. The summed E-state index contributed by atoms with van der Waals surface area (Å²) in [4.78, 5) is 10.9. The molecule has 0 bridgehead atoms. The molecular weight excluding hydrogens is 184 g/mol. The molecule has 2 atom stereocenters. The van der Waals surface area contributed by atoms with Gasteiger partial charge in [-0.15, -0.1) is 0 Å². The summed E-state index contributed by atoms with van der Waals surface area (Å²) in [5, 5.41) is 0. The highest BCUT2D eigenvalue weighted by atomic mass is 16.1. The standard InChI is InChI=1S/C14H18O/c1-10-5-3-6-12-7-4-8-13(14(10)12)11(2)9-15/h3,5-6,9,11,13H,4,7-8H2,1-2H3. The van der Waals surface area contributed by atoms with E-state index in [0.717, 1.165) is 12.7 Å². The van der Waals surface area contributed by atoms with Crippen LogP contribution in [0.15, 0.2) is 18.2 Å². The molecule has 1 aromatic carbocycles. The fourth-order valence-electron chi connectivity index (χ4n) is 2.77. The van der Waals surface area contributed by atoms with Crippen molar-refractivity contribution in [3.8, 4) is 0 Å². The van der Waals surface area contributed by atoms with Crippen molar-refractivity contribution in [2.24, 2.45) is 5.92 Å². The van der Waals surface area contributed by atoms with Gasteiger partial charge in [-0.3, -0.25) is 0 Å². The number of carbonyl (C=O) groups excluding carboxylic acids is 1. The first-order valence-corrected chi connectivity index (χ1v) is 5.77. The van der Waals surface area contributed by atoms with Gasteiger partial charge < -0.3 is 4.79 Å². The Hall–Kier alpha value is -1.11. The van der Waals surface area contributed by atoms with Crippen molar-refractivity contribution in [1.29, 1.82) is 0 Å². The minimum Gasteiger partial charge on any atom is -0.303 e. The average molecular weight is 202 g/mol. The average Bonchev–Trinajstić information content (AvgIpc) is 2.28. The molecule has 0 fully saturated rings. The van der Waals surface area contributed by atoms with Gasteiger partial charge in [-0.2, -0.15) is 0 Å². The third-order valence-electron chi connectivity index (χ3n) is 3.60. The molecule has 0 aliphatic heterocycles. The van der Waals surface area contributed by atoms with Crippen molar-refractivity contribution >= 4 is 6.29 Å². The van der Waals surface area contributed by atoms with E-state index in [4.69, 9.17) is 0 Å². The van der Waals surface area contributed by atoms with E-state index in [1.807, 2.05) is 6.92 Å². The van der Waals surface area contributed by atoms with Crippen LogP contribution in [-0.4, -0.2) is 6.29 Å². The Balaban J connectivity index is 2.45. The first kappa shape index (κ1) is 10.4. The van der Waals surface area contributed by atoms with Gasteiger partial charge in [0.1, 0.15) is 6.29 Å². The maximum atomic E-state index is 10.9. The molecule has 1 aromatic rings. The lowest BCUT2D eigenvalue weighted by molar-refractivity contribution is -0.111. The molecule has 2 unspecified atom stereocenters. The fraction of sp³-hybridized carbons (Fsp3) is 0.500. The van der Waals surface area contributed by atoms with Crippen molar-refractivity contribution in [3.63, 3.8) is 0 Å². The molecule has 2 rings (SSSR count). The van der Waals surface area contributed by atoms with Crippen LogP contribution in [0.2, 0.25) is 0 Å². The first-order chi connectivity index (χ1) is 7.24. The van der Waals surface area contributed by atoms with Crippen molar-refractivity contribution in [3.05, 3.63) is 34.9 Å². The summed E-state index contributed by atoms with van der Waals surface area (Å²) in [6.45, 7) is 4.20. The second kappa shape index (κ2) is 4.18. The lowest BCUT2D eigenvalue weighted by Crippen LogP contribution is -2.18. The van der Waals surface area contributed by atoms with Crippen LogP contribution in [0, 0.1) is 12.8 Å². The minimum absolute atomic E-state index is 0.158. The Bertz CT molecular complexity index is 368. The van der Waals surface area contributed by atoms with Crippen LogP contribution in [-0.2, 0) is 11.2 Å². The van der Waals surface area contributed by atoms with E-state index >= 15 is 0 Å². The van der Waals surface area contributed by atoms with Crippen molar-refractivity contribution in [2.45, 2.75) is 39.0 Å². The van der Waals surface area contributed by atoms with Crippen molar-refractivity contribution < 1.29 is 4.79 Å². The third kappa shape index (κ3) is 1.83. The highest BCUT2D eigenvalue weighted by molar-refractivity contribution is 5.56. The summed E-state index contributed by atoms with van der Waals surface area (Å²) in [5.41, 5.74) is 4.26. The molecule has 15 heavy (non-hydrogen) atoms. The van der Waals surface area contributed by atoms with Gasteiger partial charge in [0, 0.05) is 5.92 Å². The molecule has 80 valence electrons. The number of aldehydes is 1. The normalized spacial score (nSPS) is 21.9. The maximum absolute atomic E-state index is 10.9. The predicted octanol–water partition coefficient (Wildman–Crippen LogP) is 3.25. The van der Waals surface area contributed by atoms with Gasteiger partial charge in [-0.25, -0.2) is 0 Å². The van der Waals surface area contributed by atoms with E-state index in [2.05, 4.69) is 25.1 Å². The highest BCUT2D eigenvalue weighted by Crippen LogP contribution is 2.37. The smallest absolute Gasteiger partial charge is 0.123 e. The van der Waals surface area contributed by atoms with Gasteiger partial charge in [0.15, 0.2) is 0 Å². The number of benzene rings is 1. The van der Waals surface area contributed by atoms with Crippen LogP contribution in [0.5, 0.6) is 0 Å². The topological polar surface area (TPSA) is 17.1 Å². The van der Waals surface area contributed by atoms with E-state index in [0.29, 0.717) is 5.92 Å². The molecule has 1 heteroatoms. The van der Waals surface area contributed by atoms with E-state index in [1.165, 1.54) is 29.5 Å². The number of carbonyl (C=O) groups is 1. The second-order valence-electron chi connectivity index (χ2n) is 4.64. The van der Waals surface area contributed by atoms with Crippen molar-refractivity contribution in [1.82, 2.24) is 0 Å². The van der Waals surface area contributed by atoms with Crippen LogP contribution >= 0.6 is 0 Å². The van der Waals surface area contributed by atoms with Gasteiger partial charge in [0.25, 0.3) is 0 Å². The second-order valence-corrected chi connectivity index (χ2v) is 4.64. The van der Waals surface area contributed by atoms with Gasteiger partial charge >= 0.3 is 0 Å². The van der Waals surface area contributed by atoms with Crippen LogP contribution in [0.3, 0.4) is 0 Å². The van der Waals surface area contributed by atoms with Gasteiger partial charge in [0.05, 0.1) is 0 Å². The zero-order chi connectivity index (χ0) is 10.8. The molecule has 1 nitrogen and oxygen atoms in total. The van der Waals surface area contributed by atoms with E-state index in [1.54, 1.807) is 0 Å². The lowest BCUT2D eigenvalue weighted by Gasteiger charge is -2.29. The summed E-state index contributed by atoms with van der Waals surface area (Å²) in [7, 11) is 0. The maximum Gasteiger partial charge on any atom is 0.123 e. The summed E-state index contributed by atoms with van der Waals surface area (Å²) in [6.07, 6.45) is 4.67. The first-order valence-electron chi connectivity index (χ1n) is 5.77. The highest BCUT2D eigenvalue weighted by Gasteiger charge is 2.25. The molecule has 0 amide bonds. The third-order valence-corrected chi connectivity index (χ3v) is 3.60. The predicted molar refractivity (Wildman–Crippen MR) is 62.1 cm³/mol. The fourth-order valence-corrected chi connectivity index (χ4v) is 2.77. The monoisotopic (exact) mass is 202 g/mol.